The van der Waals surface area contributed by atoms with Gasteiger partial charge in [-0.15, -0.1) is 11.3 Å². The second-order valence-corrected chi connectivity index (χ2v) is 10.4. The Morgan fingerprint density at radius 3 is 2.04 bits per heavy atom. The quantitative estimate of drug-likeness (QED) is 0.689. The zero-order valence-electron chi connectivity index (χ0n) is 15.5. The van der Waals surface area contributed by atoms with E-state index in [-0.39, 0.29) is 11.8 Å². The van der Waals surface area contributed by atoms with Crippen molar-refractivity contribution in [3.8, 4) is 0 Å². The smallest absolute Gasteiger partial charge is 0.261 e. The number of benzene rings is 1. The van der Waals surface area contributed by atoms with Crippen molar-refractivity contribution >= 4 is 33.2 Å². The van der Waals surface area contributed by atoms with Gasteiger partial charge in [-0.3, -0.25) is 19.4 Å². The van der Waals surface area contributed by atoms with Crippen LogP contribution in [0, 0.1) is 6.92 Å². The number of piperazine rings is 1. The first-order valence-electron chi connectivity index (χ1n) is 9.12. The largest absolute Gasteiger partial charge is 0.299 e. The summed E-state index contributed by atoms with van der Waals surface area (Å²) in [6, 6.07) is 10.3. The van der Waals surface area contributed by atoms with Gasteiger partial charge in [-0.2, -0.15) is 4.31 Å². The highest BCUT2D eigenvalue weighted by Crippen LogP contribution is 2.25. The van der Waals surface area contributed by atoms with E-state index in [1.54, 1.807) is 30.3 Å². The molecular weight excluding hydrogens is 398 g/mol. The van der Waals surface area contributed by atoms with Crippen molar-refractivity contribution in [2.75, 3.05) is 39.3 Å². The highest BCUT2D eigenvalue weighted by atomic mass is 32.2. The first-order chi connectivity index (χ1) is 13.4. The fourth-order valence-electron chi connectivity index (χ4n) is 3.56. The molecule has 0 atom stereocenters. The molecule has 0 spiro atoms. The number of nitrogens with zero attached hydrogens (tertiary/aromatic N) is 3. The third-order valence-electron chi connectivity index (χ3n) is 5.16. The van der Waals surface area contributed by atoms with Crippen LogP contribution in [0.2, 0.25) is 0 Å². The van der Waals surface area contributed by atoms with Crippen LogP contribution in [0.5, 0.6) is 0 Å². The number of aryl methyl sites for hydroxylation is 1. The van der Waals surface area contributed by atoms with Crippen molar-refractivity contribution < 1.29 is 18.0 Å². The number of carbonyl (C=O) groups is 2. The standard InChI is InChI=1S/C19H21N3O4S2/c1-14-6-7-17(27-14)28(25,26)21-11-8-20(9-12-21)10-13-22-18(23)15-4-2-3-5-16(15)19(22)24/h2-7H,8-13H2,1H3. The van der Waals surface area contributed by atoms with Gasteiger partial charge in [0.2, 0.25) is 0 Å². The average molecular weight is 420 g/mol. The minimum absolute atomic E-state index is 0.255. The first-order valence-corrected chi connectivity index (χ1v) is 11.4. The van der Waals surface area contributed by atoms with Gasteiger partial charge in [-0.05, 0) is 31.2 Å². The molecular formula is C19H21N3O4S2. The Morgan fingerprint density at radius 1 is 0.893 bits per heavy atom. The molecule has 1 saturated heterocycles. The maximum atomic E-state index is 12.7. The Labute approximate surface area is 168 Å². The van der Waals surface area contributed by atoms with Gasteiger partial charge in [0.05, 0.1) is 11.1 Å². The molecule has 1 aromatic carbocycles. The average Bonchev–Trinajstić information content (AvgIpc) is 3.24. The molecule has 3 heterocycles. The van der Waals surface area contributed by atoms with Gasteiger partial charge in [0.25, 0.3) is 21.8 Å². The van der Waals surface area contributed by atoms with Gasteiger partial charge < -0.3 is 0 Å². The fraction of sp³-hybridized carbons (Fsp3) is 0.368. The number of carbonyl (C=O) groups excluding carboxylic acids is 2. The zero-order valence-corrected chi connectivity index (χ0v) is 17.1. The van der Waals surface area contributed by atoms with E-state index >= 15 is 0 Å². The lowest BCUT2D eigenvalue weighted by Gasteiger charge is -2.34. The molecule has 0 radical (unpaired) electrons. The first kappa shape index (κ1) is 19.3. The summed E-state index contributed by atoms with van der Waals surface area (Å²) in [5.41, 5.74) is 0.907. The summed E-state index contributed by atoms with van der Waals surface area (Å²) < 4.78 is 27.3. The van der Waals surface area contributed by atoms with Gasteiger partial charge >= 0.3 is 0 Å². The highest BCUT2D eigenvalue weighted by molar-refractivity contribution is 7.91. The molecule has 1 fully saturated rings. The number of sulfonamides is 1. The molecule has 2 aliphatic heterocycles. The number of amides is 2. The lowest BCUT2D eigenvalue weighted by Crippen LogP contribution is -2.50. The van der Waals surface area contributed by atoms with Crippen LogP contribution in [0.25, 0.3) is 0 Å². The van der Waals surface area contributed by atoms with E-state index in [1.165, 1.54) is 20.5 Å². The number of rotatable bonds is 5. The normalized spacial score (nSPS) is 18.7. The summed E-state index contributed by atoms with van der Waals surface area (Å²) in [6.07, 6.45) is 0. The summed E-state index contributed by atoms with van der Waals surface area (Å²) in [6.45, 7) is 4.70. The Balaban J connectivity index is 1.33. The molecule has 7 nitrogen and oxygen atoms in total. The van der Waals surface area contributed by atoms with Crippen LogP contribution < -0.4 is 0 Å². The van der Waals surface area contributed by atoms with Gasteiger partial charge in [0.1, 0.15) is 4.21 Å². The Bertz CT molecular complexity index is 988. The second-order valence-electron chi connectivity index (χ2n) is 6.92. The molecule has 1 aromatic heterocycles. The molecule has 9 heteroatoms. The molecule has 0 saturated carbocycles. The molecule has 0 N–H and O–H groups in total. The molecule has 0 bridgehead atoms. The highest BCUT2D eigenvalue weighted by Gasteiger charge is 2.35. The third-order valence-corrected chi connectivity index (χ3v) is 8.53. The summed E-state index contributed by atoms with van der Waals surface area (Å²) in [5.74, 6) is -0.509. The third kappa shape index (κ3) is 3.39. The van der Waals surface area contributed by atoms with Crippen LogP contribution in [0.15, 0.2) is 40.6 Å². The second kappa shape index (κ2) is 7.40. The van der Waals surface area contributed by atoms with Gasteiger partial charge in [0.15, 0.2) is 0 Å². The van der Waals surface area contributed by atoms with Gasteiger partial charge in [-0.25, -0.2) is 8.42 Å². The molecule has 148 valence electrons. The molecule has 2 aliphatic rings. The summed E-state index contributed by atoms with van der Waals surface area (Å²) in [7, 11) is -3.44. The van der Waals surface area contributed by atoms with Crippen LogP contribution >= 0.6 is 11.3 Å². The maximum Gasteiger partial charge on any atom is 0.261 e. The molecule has 2 aromatic rings. The number of thiophene rings is 1. The van der Waals surface area contributed by atoms with E-state index in [2.05, 4.69) is 4.90 Å². The SMILES string of the molecule is Cc1ccc(S(=O)(=O)N2CCN(CCN3C(=O)c4ccccc4C3=O)CC2)s1. The number of hydrogen-bond donors (Lipinski definition) is 0. The predicted octanol–water partition coefficient (Wildman–Crippen LogP) is 1.66. The Hall–Kier alpha value is -2.07. The van der Waals surface area contributed by atoms with Gasteiger partial charge in [0, 0.05) is 44.1 Å². The molecule has 28 heavy (non-hydrogen) atoms. The Morgan fingerprint density at radius 2 is 1.50 bits per heavy atom. The van der Waals surface area contributed by atoms with Crippen LogP contribution in [0.3, 0.4) is 0 Å². The van der Waals surface area contributed by atoms with E-state index in [0.717, 1.165) is 4.88 Å². The Kier molecular flexibility index (Phi) is 5.09. The topological polar surface area (TPSA) is 78.0 Å². The van der Waals surface area contributed by atoms with Crippen molar-refractivity contribution in [1.29, 1.82) is 0 Å². The van der Waals surface area contributed by atoms with Crippen LogP contribution in [-0.2, 0) is 10.0 Å². The maximum absolute atomic E-state index is 12.7. The molecule has 4 rings (SSSR count). The van der Waals surface area contributed by atoms with Crippen molar-refractivity contribution in [3.05, 3.63) is 52.4 Å². The van der Waals surface area contributed by atoms with Crippen molar-refractivity contribution in [2.24, 2.45) is 0 Å². The van der Waals surface area contributed by atoms with Crippen molar-refractivity contribution in [1.82, 2.24) is 14.1 Å². The minimum Gasteiger partial charge on any atom is -0.299 e. The van der Waals surface area contributed by atoms with E-state index < -0.39 is 10.0 Å². The lowest BCUT2D eigenvalue weighted by molar-refractivity contribution is 0.0628. The molecule has 2 amide bonds. The van der Waals surface area contributed by atoms with E-state index in [0.29, 0.717) is 54.6 Å². The molecule has 0 aliphatic carbocycles. The zero-order chi connectivity index (χ0) is 19.9. The fourth-order valence-corrected chi connectivity index (χ4v) is 6.41. The van der Waals surface area contributed by atoms with E-state index in [4.69, 9.17) is 0 Å². The summed E-state index contributed by atoms with van der Waals surface area (Å²) >= 11 is 1.29. The van der Waals surface area contributed by atoms with Crippen LogP contribution in [0.1, 0.15) is 25.6 Å². The number of imide groups is 1. The van der Waals surface area contributed by atoms with Gasteiger partial charge in [-0.1, -0.05) is 12.1 Å². The summed E-state index contributed by atoms with van der Waals surface area (Å²) in [5, 5.41) is 0. The van der Waals surface area contributed by atoms with Crippen LogP contribution in [0.4, 0.5) is 0 Å². The number of hydrogen-bond acceptors (Lipinski definition) is 6. The van der Waals surface area contributed by atoms with E-state index in [1.807, 2.05) is 13.0 Å². The lowest BCUT2D eigenvalue weighted by atomic mass is 10.1. The summed E-state index contributed by atoms with van der Waals surface area (Å²) in [4.78, 5) is 29.2. The van der Waals surface area contributed by atoms with Crippen molar-refractivity contribution in [3.63, 3.8) is 0 Å². The number of fused-ring (bicyclic) bond motifs is 1. The monoisotopic (exact) mass is 419 g/mol. The van der Waals surface area contributed by atoms with E-state index in [9.17, 15) is 18.0 Å². The molecule has 0 unspecified atom stereocenters. The predicted molar refractivity (Wildman–Crippen MR) is 106 cm³/mol. The minimum atomic E-state index is -3.44. The van der Waals surface area contributed by atoms with Crippen LogP contribution in [-0.4, -0.2) is 73.6 Å². The van der Waals surface area contributed by atoms with Crippen molar-refractivity contribution in [2.45, 2.75) is 11.1 Å².